The first-order chi connectivity index (χ1) is 11.8. The minimum atomic E-state index is -0.0616. The van der Waals surface area contributed by atoms with Crippen LogP contribution in [0.3, 0.4) is 0 Å². The summed E-state index contributed by atoms with van der Waals surface area (Å²) < 4.78 is 2.02. The first-order valence-corrected chi connectivity index (χ1v) is 8.89. The Balaban J connectivity index is 0.00000182. The molecule has 1 saturated carbocycles. The largest absolute Gasteiger partial charge is 0.346 e. The van der Waals surface area contributed by atoms with Gasteiger partial charge in [0, 0.05) is 19.0 Å². The van der Waals surface area contributed by atoms with Crippen molar-refractivity contribution in [2.24, 2.45) is 0 Å². The van der Waals surface area contributed by atoms with Gasteiger partial charge in [-0.15, -0.1) is 12.4 Å². The Morgan fingerprint density at radius 2 is 2.16 bits per heavy atom. The molecular formula is C17H25ClN6O. The van der Waals surface area contributed by atoms with E-state index in [2.05, 4.69) is 32.0 Å². The van der Waals surface area contributed by atoms with Crippen LogP contribution in [0.5, 0.6) is 0 Å². The average molecular weight is 365 g/mol. The molecule has 1 aliphatic carbocycles. The van der Waals surface area contributed by atoms with Gasteiger partial charge in [0.2, 0.25) is 0 Å². The van der Waals surface area contributed by atoms with Crippen LogP contribution in [0, 0.1) is 0 Å². The number of halogens is 1. The minimum Gasteiger partial charge on any atom is -0.346 e. The highest BCUT2D eigenvalue weighted by atomic mass is 35.5. The topological polar surface area (TPSA) is 87.6 Å². The summed E-state index contributed by atoms with van der Waals surface area (Å²) >= 11 is 0. The third-order valence-corrected chi connectivity index (χ3v) is 5.08. The molecule has 3 N–H and O–H groups in total. The van der Waals surface area contributed by atoms with E-state index in [1.165, 1.54) is 25.0 Å². The van der Waals surface area contributed by atoms with Gasteiger partial charge in [0.1, 0.15) is 0 Å². The molecule has 1 aliphatic heterocycles. The number of fused-ring (bicyclic) bond motifs is 1. The van der Waals surface area contributed by atoms with Crippen LogP contribution < -0.4 is 10.6 Å². The maximum Gasteiger partial charge on any atom is 0.255 e. The number of nitrogens with zero attached hydrogens (tertiary/aromatic N) is 3. The zero-order chi connectivity index (χ0) is 16.4. The van der Waals surface area contributed by atoms with E-state index in [9.17, 15) is 4.79 Å². The highest BCUT2D eigenvalue weighted by molar-refractivity contribution is 5.95. The molecule has 2 aliphatic rings. The van der Waals surface area contributed by atoms with Gasteiger partial charge >= 0.3 is 0 Å². The molecule has 2 aromatic rings. The van der Waals surface area contributed by atoms with Gasteiger partial charge in [0.15, 0.2) is 0 Å². The van der Waals surface area contributed by atoms with E-state index in [1.807, 2.05) is 4.68 Å². The lowest BCUT2D eigenvalue weighted by Crippen LogP contribution is -2.28. The average Bonchev–Trinajstić information content (AvgIpc) is 3.27. The van der Waals surface area contributed by atoms with Gasteiger partial charge in [0.25, 0.3) is 5.91 Å². The van der Waals surface area contributed by atoms with E-state index in [-0.39, 0.29) is 18.3 Å². The summed E-state index contributed by atoms with van der Waals surface area (Å²) in [6, 6.07) is 2.06. The number of H-pyrrole nitrogens is 1. The first kappa shape index (κ1) is 17.9. The summed E-state index contributed by atoms with van der Waals surface area (Å²) in [5.41, 5.74) is 3.77. The normalized spacial score (nSPS) is 17.6. The lowest BCUT2D eigenvalue weighted by molar-refractivity contribution is 0.0948. The monoisotopic (exact) mass is 364 g/mol. The Kier molecular flexibility index (Phi) is 5.75. The van der Waals surface area contributed by atoms with Gasteiger partial charge in [-0.2, -0.15) is 10.2 Å². The van der Waals surface area contributed by atoms with Crippen LogP contribution in [-0.2, 0) is 19.6 Å². The fourth-order valence-corrected chi connectivity index (χ4v) is 3.78. The first-order valence-electron chi connectivity index (χ1n) is 8.89. The van der Waals surface area contributed by atoms with Crippen molar-refractivity contribution in [2.45, 2.75) is 57.7 Å². The van der Waals surface area contributed by atoms with Gasteiger partial charge in [0.05, 0.1) is 41.9 Å². The number of amides is 1. The summed E-state index contributed by atoms with van der Waals surface area (Å²) in [5, 5.41) is 18.0. The molecule has 7 nitrogen and oxygen atoms in total. The maximum atomic E-state index is 12.6. The Morgan fingerprint density at radius 3 is 2.96 bits per heavy atom. The van der Waals surface area contributed by atoms with Crippen molar-refractivity contribution in [3.8, 4) is 0 Å². The van der Waals surface area contributed by atoms with E-state index in [1.54, 1.807) is 6.20 Å². The highest BCUT2D eigenvalue weighted by Crippen LogP contribution is 2.33. The van der Waals surface area contributed by atoms with Gasteiger partial charge < -0.3 is 10.6 Å². The van der Waals surface area contributed by atoms with Crippen molar-refractivity contribution >= 4 is 18.3 Å². The molecule has 2 aromatic heterocycles. The van der Waals surface area contributed by atoms with Crippen LogP contribution in [0.1, 0.15) is 65.5 Å². The Morgan fingerprint density at radius 1 is 1.32 bits per heavy atom. The van der Waals surface area contributed by atoms with E-state index in [0.717, 1.165) is 43.9 Å². The molecular weight excluding hydrogens is 340 g/mol. The SMILES string of the molecule is Cl.O=C(NCc1cc2n(n1)CCNC2)c1cn[nH]c1C1CCCCC1. The number of carbonyl (C=O) groups excluding carboxylic acids is 1. The molecule has 1 amide bonds. The number of carbonyl (C=O) groups is 1. The summed E-state index contributed by atoms with van der Waals surface area (Å²) in [7, 11) is 0. The smallest absolute Gasteiger partial charge is 0.255 e. The predicted octanol–water partition coefficient (Wildman–Crippen LogP) is 2.11. The number of aromatic amines is 1. The van der Waals surface area contributed by atoms with Crippen molar-refractivity contribution in [1.82, 2.24) is 30.6 Å². The molecule has 1 fully saturated rings. The summed E-state index contributed by atoms with van der Waals surface area (Å²) in [4.78, 5) is 12.6. The Labute approximate surface area is 153 Å². The van der Waals surface area contributed by atoms with Crippen LogP contribution in [0.15, 0.2) is 12.3 Å². The Hall–Kier alpha value is -1.86. The second-order valence-corrected chi connectivity index (χ2v) is 6.74. The van der Waals surface area contributed by atoms with E-state index in [0.29, 0.717) is 18.0 Å². The molecule has 3 heterocycles. The third-order valence-electron chi connectivity index (χ3n) is 5.08. The summed E-state index contributed by atoms with van der Waals surface area (Å²) in [6.07, 6.45) is 7.71. The number of hydrogen-bond acceptors (Lipinski definition) is 4. The van der Waals surface area contributed by atoms with E-state index >= 15 is 0 Å². The zero-order valence-electron chi connectivity index (χ0n) is 14.3. The highest BCUT2D eigenvalue weighted by Gasteiger charge is 2.23. The quantitative estimate of drug-likeness (QED) is 0.775. The van der Waals surface area contributed by atoms with Crippen LogP contribution >= 0.6 is 12.4 Å². The van der Waals surface area contributed by atoms with E-state index in [4.69, 9.17) is 0 Å². The van der Waals surface area contributed by atoms with Crippen LogP contribution in [0.25, 0.3) is 0 Å². The van der Waals surface area contributed by atoms with Crippen molar-refractivity contribution in [3.63, 3.8) is 0 Å². The standard InChI is InChI=1S/C17H24N6O.ClH/c24-17(15-11-20-21-16(15)12-4-2-1-3-5-12)19-9-13-8-14-10-18-6-7-23(14)22-13;/h8,11-12,18H,1-7,9-10H2,(H,19,24)(H,20,21);1H. The number of nitrogens with one attached hydrogen (secondary N) is 3. The molecule has 0 atom stereocenters. The molecule has 0 saturated heterocycles. The predicted molar refractivity (Wildman–Crippen MR) is 96.8 cm³/mol. The molecule has 4 rings (SSSR count). The van der Waals surface area contributed by atoms with Crippen LogP contribution in [-0.4, -0.2) is 32.4 Å². The van der Waals surface area contributed by atoms with Crippen molar-refractivity contribution in [1.29, 1.82) is 0 Å². The number of rotatable bonds is 4. The molecule has 25 heavy (non-hydrogen) atoms. The van der Waals surface area contributed by atoms with Crippen molar-refractivity contribution in [3.05, 3.63) is 34.9 Å². The molecule has 136 valence electrons. The molecule has 0 aromatic carbocycles. The number of hydrogen-bond donors (Lipinski definition) is 3. The lowest BCUT2D eigenvalue weighted by atomic mass is 9.85. The molecule has 8 heteroatoms. The van der Waals surface area contributed by atoms with Crippen molar-refractivity contribution < 1.29 is 4.79 Å². The molecule has 0 unspecified atom stereocenters. The summed E-state index contributed by atoms with van der Waals surface area (Å²) in [6.45, 7) is 3.12. The van der Waals surface area contributed by atoms with E-state index < -0.39 is 0 Å². The molecule has 0 radical (unpaired) electrons. The van der Waals surface area contributed by atoms with Gasteiger partial charge in [-0.05, 0) is 18.9 Å². The second-order valence-electron chi connectivity index (χ2n) is 6.74. The Bertz CT molecular complexity index is 695. The second kappa shape index (κ2) is 8.01. The van der Waals surface area contributed by atoms with Gasteiger partial charge in [-0.3, -0.25) is 14.6 Å². The van der Waals surface area contributed by atoms with Crippen LogP contribution in [0.2, 0.25) is 0 Å². The fraction of sp³-hybridized carbons (Fsp3) is 0.588. The lowest BCUT2D eigenvalue weighted by Gasteiger charge is -2.21. The van der Waals surface area contributed by atoms with Crippen LogP contribution in [0.4, 0.5) is 0 Å². The maximum absolute atomic E-state index is 12.6. The van der Waals surface area contributed by atoms with Gasteiger partial charge in [-0.25, -0.2) is 0 Å². The zero-order valence-corrected chi connectivity index (χ0v) is 15.1. The van der Waals surface area contributed by atoms with Crippen molar-refractivity contribution in [2.75, 3.05) is 6.54 Å². The molecule has 0 spiro atoms. The minimum absolute atomic E-state index is 0. The summed E-state index contributed by atoms with van der Waals surface area (Å²) in [5.74, 6) is 0.376. The third kappa shape index (κ3) is 3.88. The fourth-order valence-electron chi connectivity index (χ4n) is 3.78. The van der Waals surface area contributed by atoms with Gasteiger partial charge in [-0.1, -0.05) is 19.3 Å². The molecule has 0 bridgehead atoms. The number of aromatic nitrogens is 4.